The molecule has 0 aliphatic heterocycles. The first kappa shape index (κ1) is 12.9. The van der Waals surface area contributed by atoms with Gasteiger partial charge >= 0.3 is 0 Å². The molecule has 0 nitrogen and oxygen atoms in total. The monoisotopic (exact) mass is 230 g/mol. The topological polar surface area (TPSA) is 0 Å². The lowest BCUT2D eigenvalue weighted by Gasteiger charge is -2.07. The fourth-order valence-corrected chi connectivity index (χ4v) is 1.75. The summed E-state index contributed by atoms with van der Waals surface area (Å²) in [6.07, 6.45) is 6.66. The van der Waals surface area contributed by atoms with Crippen LogP contribution in [0.3, 0.4) is 0 Å². The summed E-state index contributed by atoms with van der Waals surface area (Å²) in [6, 6.07) is 0. The molecule has 0 aromatic rings. The number of halogens is 3. The fourth-order valence-electron chi connectivity index (χ4n) is 1.06. The largest absolute Gasteiger partial charge is 0.127 e. The molecule has 74 valence electrons. The predicted octanol–water partition coefficient (Wildman–Crippen LogP) is 4.41. The van der Waals surface area contributed by atoms with Gasteiger partial charge in [0.05, 0.1) is 0 Å². The first-order valence-electron chi connectivity index (χ1n) is 4.57. The number of hydrogen-bond donors (Lipinski definition) is 0. The Kier molecular flexibility index (Phi) is 10.7. The first-order chi connectivity index (χ1) is 5.81. The summed E-state index contributed by atoms with van der Waals surface area (Å²) in [5, 5.41) is 0.330. The quantitative estimate of drug-likeness (QED) is 0.429. The minimum atomic E-state index is 0.330. The van der Waals surface area contributed by atoms with Crippen LogP contribution < -0.4 is 0 Å². The van der Waals surface area contributed by atoms with Crippen molar-refractivity contribution >= 4 is 34.8 Å². The number of hydrogen-bond acceptors (Lipinski definition) is 0. The van der Waals surface area contributed by atoms with E-state index in [1.165, 1.54) is 0 Å². The van der Waals surface area contributed by atoms with E-state index >= 15 is 0 Å². The van der Waals surface area contributed by atoms with E-state index in [2.05, 4.69) is 0 Å². The third-order valence-electron chi connectivity index (χ3n) is 1.80. The van der Waals surface area contributed by atoms with Crippen molar-refractivity contribution in [1.82, 2.24) is 0 Å². The highest BCUT2D eigenvalue weighted by molar-refractivity contribution is 6.20. The van der Waals surface area contributed by atoms with Crippen molar-refractivity contribution in [3.8, 4) is 0 Å². The van der Waals surface area contributed by atoms with E-state index in [1.54, 1.807) is 0 Å². The van der Waals surface area contributed by atoms with Gasteiger partial charge < -0.3 is 0 Å². The summed E-state index contributed by atoms with van der Waals surface area (Å²) in [5.74, 6) is 1.51. The molecular formula is C9H17Cl3. The van der Waals surface area contributed by atoms with Crippen molar-refractivity contribution in [1.29, 1.82) is 0 Å². The number of unbranched alkanes of at least 4 members (excludes halogenated alkanes) is 2. The summed E-state index contributed by atoms with van der Waals surface area (Å²) in [4.78, 5) is 0. The Labute approximate surface area is 90.6 Å². The molecule has 0 saturated carbocycles. The Balaban J connectivity index is 3.04. The van der Waals surface area contributed by atoms with E-state index < -0.39 is 0 Å². The van der Waals surface area contributed by atoms with Gasteiger partial charge in [-0.15, -0.1) is 34.8 Å². The number of alkyl halides is 3. The second-order valence-corrected chi connectivity index (χ2v) is 4.34. The molecule has 0 aliphatic carbocycles. The summed E-state index contributed by atoms with van der Waals surface area (Å²) >= 11 is 17.2. The van der Waals surface area contributed by atoms with Crippen molar-refractivity contribution in [2.24, 2.45) is 0 Å². The average Bonchev–Trinajstić information content (AvgIpc) is 2.06. The lowest BCUT2D eigenvalue weighted by atomic mass is 10.1. The van der Waals surface area contributed by atoms with Gasteiger partial charge in [-0.2, -0.15) is 0 Å². The van der Waals surface area contributed by atoms with Crippen LogP contribution in [0, 0.1) is 0 Å². The standard InChI is InChI=1S/C9H17Cl3/c10-7-3-1-5-9(12)6-2-4-8-11/h9H,1-8H2. The Morgan fingerprint density at radius 2 is 1.17 bits per heavy atom. The van der Waals surface area contributed by atoms with Crippen molar-refractivity contribution in [2.75, 3.05) is 11.8 Å². The first-order valence-corrected chi connectivity index (χ1v) is 6.07. The molecule has 0 unspecified atom stereocenters. The SMILES string of the molecule is ClCCCCC(Cl)CCCCCl. The van der Waals surface area contributed by atoms with Gasteiger partial charge in [0.2, 0.25) is 0 Å². The highest BCUT2D eigenvalue weighted by Crippen LogP contribution is 2.15. The Bertz CT molecular complexity index is 75.8. The van der Waals surface area contributed by atoms with Crippen LogP contribution >= 0.6 is 34.8 Å². The highest BCUT2D eigenvalue weighted by Gasteiger charge is 2.02. The molecule has 0 heterocycles. The van der Waals surface area contributed by atoms with Crippen LogP contribution in [0.1, 0.15) is 38.5 Å². The van der Waals surface area contributed by atoms with Crippen molar-refractivity contribution in [2.45, 2.75) is 43.9 Å². The van der Waals surface area contributed by atoms with Crippen LogP contribution in [0.5, 0.6) is 0 Å². The molecule has 0 spiro atoms. The molecule has 0 atom stereocenters. The van der Waals surface area contributed by atoms with Crippen LogP contribution in [0.15, 0.2) is 0 Å². The predicted molar refractivity (Wildman–Crippen MR) is 58.8 cm³/mol. The highest BCUT2D eigenvalue weighted by atomic mass is 35.5. The van der Waals surface area contributed by atoms with Gasteiger partial charge in [-0.3, -0.25) is 0 Å². The van der Waals surface area contributed by atoms with Crippen LogP contribution in [0.25, 0.3) is 0 Å². The molecule has 3 heteroatoms. The minimum Gasteiger partial charge on any atom is -0.127 e. The van der Waals surface area contributed by atoms with Crippen LogP contribution in [-0.2, 0) is 0 Å². The van der Waals surface area contributed by atoms with E-state index in [0.717, 1.165) is 50.3 Å². The normalized spacial score (nSPS) is 11.0. The summed E-state index contributed by atoms with van der Waals surface area (Å²) in [5.41, 5.74) is 0. The van der Waals surface area contributed by atoms with E-state index in [9.17, 15) is 0 Å². The maximum atomic E-state index is 6.07. The third-order valence-corrected chi connectivity index (χ3v) is 2.77. The Hall–Kier alpha value is 0.870. The molecule has 0 aromatic carbocycles. The molecule has 0 N–H and O–H groups in total. The van der Waals surface area contributed by atoms with E-state index in [4.69, 9.17) is 34.8 Å². The van der Waals surface area contributed by atoms with E-state index in [1.807, 2.05) is 0 Å². The van der Waals surface area contributed by atoms with E-state index in [0.29, 0.717) is 5.38 Å². The zero-order valence-electron chi connectivity index (χ0n) is 7.37. The van der Waals surface area contributed by atoms with Gasteiger partial charge in [-0.25, -0.2) is 0 Å². The molecule has 0 radical (unpaired) electrons. The molecule has 0 aliphatic rings. The third kappa shape index (κ3) is 8.96. The second-order valence-electron chi connectivity index (χ2n) is 2.97. The van der Waals surface area contributed by atoms with Crippen molar-refractivity contribution in [3.63, 3.8) is 0 Å². The van der Waals surface area contributed by atoms with Gasteiger partial charge in [-0.1, -0.05) is 12.8 Å². The van der Waals surface area contributed by atoms with Crippen LogP contribution in [-0.4, -0.2) is 17.1 Å². The molecule has 12 heavy (non-hydrogen) atoms. The maximum absolute atomic E-state index is 6.07. The lowest BCUT2D eigenvalue weighted by Crippen LogP contribution is -1.98. The molecule has 0 amide bonds. The summed E-state index contributed by atoms with van der Waals surface area (Å²) < 4.78 is 0. The molecule has 0 rings (SSSR count). The van der Waals surface area contributed by atoms with E-state index in [-0.39, 0.29) is 0 Å². The molecule has 0 saturated heterocycles. The van der Waals surface area contributed by atoms with Gasteiger partial charge in [0, 0.05) is 17.1 Å². The smallest absolute Gasteiger partial charge is 0.0336 e. The lowest BCUT2D eigenvalue weighted by molar-refractivity contribution is 0.611. The van der Waals surface area contributed by atoms with Crippen LogP contribution in [0.2, 0.25) is 0 Å². The van der Waals surface area contributed by atoms with Gasteiger partial charge in [0.1, 0.15) is 0 Å². The maximum Gasteiger partial charge on any atom is 0.0336 e. The zero-order valence-corrected chi connectivity index (χ0v) is 9.64. The molecule has 0 fully saturated rings. The molecule has 0 aromatic heterocycles. The van der Waals surface area contributed by atoms with Gasteiger partial charge in [0.15, 0.2) is 0 Å². The average molecular weight is 232 g/mol. The van der Waals surface area contributed by atoms with Crippen molar-refractivity contribution < 1.29 is 0 Å². The van der Waals surface area contributed by atoms with Gasteiger partial charge in [-0.05, 0) is 25.7 Å². The van der Waals surface area contributed by atoms with Crippen LogP contribution in [0.4, 0.5) is 0 Å². The van der Waals surface area contributed by atoms with Crippen molar-refractivity contribution in [3.05, 3.63) is 0 Å². The second kappa shape index (κ2) is 9.95. The Morgan fingerprint density at radius 1 is 0.750 bits per heavy atom. The molecule has 0 bridgehead atoms. The number of rotatable bonds is 8. The molecular weight excluding hydrogens is 214 g/mol. The van der Waals surface area contributed by atoms with Gasteiger partial charge in [0.25, 0.3) is 0 Å². The minimum absolute atomic E-state index is 0.330. The fraction of sp³-hybridized carbons (Fsp3) is 1.00. The summed E-state index contributed by atoms with van der Waals surface area (Å²) in [6.45, 7) is 0. The Morgan fingerprint density at radius 3 is 1.50 bits per heavy atom. The zero-order chi connectivity index (χ0) is 9.23. The summed E-state index contributed by atoms with van der Waals surface area (Å²) in [7, 11) is 0.